The van der Waals surface area contributed by atoms with Gasteiger partial charge in [0.2, 0.25) is 5.91 Å². The molecule has 0 aromatic heterocycles. The van der Waals surface area contributed by atoms with Crippen LogP contribution in [0.1, 0.15) is 45.1 Å². The average Bonchev–Trinajstić information content (AvgIpc) is 3.04. The molecule has 0 saturated heterocycles. The summed E-state index contributed by atoms with van der Waals surface area (Å²) in [5, 5.41) is 13.2. The predicted octanol–water partition coefficient (Wildman–Crippen LogP) is 5.43. The number of phenolic OH excluding ortho intramolecular Hbond substituents is 1. The molecule has 4 aromatic carbocycles. The van der Waals surface area contributed by atoms with E-state index in [0.717, 1.165) is 22.3 Å². The third kappa shape index (κ3) is 5.86. The van der Waals surface area contributed by atoms with Gasteiger partial charge in [0.25, 0.3) is 5.91 Å². The molecule has 9 nitrogen and oxygen atoms in total. The molecule has 0 spiro atoms. The normalized spacial score (nSPS) is 16.1. The lowest BCUT2D eigenvalue weighted by Gasteiger charge is -2.38. The van der Waals surface area contributed by atoms with E-state index in [1.54, 1.807) is 20.3 Å². The van der Waals surface area contributed by atoms with Crippen molar-refractivity contribution in [3.05, 3.63) is 107 Å². The van der Waals surface area contributed by atoms with Gasteiger partial charge in [-0.3, -0.25) is 9.59 Å². The third-order valence-corrected chi connectivity index (χ3v) is 8.01. The monoisotopic (exact) mass is 594 g/mol. The fraction of sp³-hybridized carbons (Fsp3) is 0.257. The zero-order valence-electron chi connectivity index (χ0n) is 24.7. The van der Waals surface area contributed by atoms with Crippen LogP contribution in [-0.4, -0.2) is 55.7 Å². The molecule has 0 fully saturated rings. The number of hydrogen-bond donors (Lipinski definition) is 2. The van der Waals surface area contributed by atoms with Crippen molar-refractivity contribution in [2.45, 2.75) is 25.3 Å². The highest BCUT2D eigenvalue weighted by molar-refractivity contribution is 5.97. The summed E-state index contributed by atoms with van der Waals surface area (Å²) in [6.45, 7) is 1.15. The van der Waals surface area contributed by atoms with Gasteiger partial charge in [-0.05, 0) is 78.1 Å². The Morgan fingerprint density at radius 1 is 0.977 bits per heavy atom. The van der Waals surface area contributed by atoms with Gasteiger partial charge >= 0.3 is 0 Å². The standard InChI is InChI=1S/C35H34N2O7/c1-41-30-7-4-3-6-23(30)20-33(39)37-16-14-22-18-25-9-11-27(22)34(37)24-8-13-31(42-2)32(19-24)43-17-5-15-36-35(40)28-21-26(44-25)10-12-29(28)38/h3-4,6-13,18-19,21,34,38H,5,14-17,20H2,1-2H3,(H,36,40). The quantitative estimate of drug-likeness (QED) is 0.325. The Bertz CT molecular complexity index is 1700. The van der Waals surface area contributed by atoms with Gasteiger partial charge in [-0.1, -0.05) is 30.3 Å². The van der Waals surface area contributed by atoms with Crippen LogP contribution < -0.4 is 24.3 Å². The highest BCUT2D eigenvalue weighted by atomic mass is 16.5. The Labute approximate surface area is 255 Å². The number of amides is 2. The highest BCUT2D eigenvalue weighted by Crippen LogP contribution is 2.41. The van der Waals surface area contributed by atoms with Crippen LogP contribution in [0.25, 0.3) is 0 Å². The number of para-hydroxylation sites is 1. The van der Waals surface area contributed by atoms with Gasteiger partial charge < -0.3 is 34.3 Å². The van der Waals surface area contributed by atoms with Gasteiger partial charge in [0, 0.05) is 18.7 Å². The second kappa shape index (κ2) is 12.6. The van der Waals surface area contributed by atoms with Crippen LogP contribution in [0.4, 0.5) is 0 Å². The lowest BCUT2D eigenvalue weighted by molar-refractivity contribution is -0.132. The number of nitrogens with zero attached hydrogens (tertiary/aromatic N) is 1. The SMILES string of the molecule is COc1ccccc1CC(=O)N1CCc2cc3ccc2C1c1ccc(OC)c(c1)OCCCNC(=O)c1cc(ccc1O)O3. The van der Waals surface area contributed by atoms with Crippen molar-refractivity contribution >= 4 is 11.8 Å². The molecule has 3 aliphatic rings. The van der Waals surface area contributed by atoms with Crippen LogP contribution in [-0.2, 0) is 17.6 Å². The van der Waals surface area contributed by atoms with E-state index in [9.17, 15) is 14.7 Å². The van der Waals surface area contributed by atoms with E-state index < -0.39 is 5.91 Å². The average molecular weight is 595 g/mol. The molecule has 2 amide bonds. The minimum absolute atomic E-state index is 0.0155. The van der Waals surface area contributed by atoms with Crippen molar-refractivity contribution in [1.29, 1.82) is 0 Å². The largest absolute Gasteiger partial charge is 0.507 e. The van der Waals surface area contributed by atoms with Crippen molar-refractivity contribution in [3.8, 4) is 34.5 Å². The molecule has 3 heterocycles. The van der Waals surface area contributed by atoms with E-state index in [0.29, 0.717) is 61.3 Å². The lowest BCUT2D eigenvalue weighted by Crippen LogP contribution is -2.41. The fourth-order valence-corrected chi connectivity index (χ4v) is 5.83. The van der Waals surface area contributed by atoms with Crippen LogP contribution in [0.5, 0.6) is 34.5 Å². The molecule has 3 aliphatic heterocycles. The van der Waals surface area contributed by atoms with Gasteiger partial charge in [-0.25, -0.2) is 0 Å². The van der Waals surface area contributed by atoms with E-state index in [1.807, 2.05) is 65.6 Å². The Morgan fingerprint density at radius 2 is 1.77 bits per heavy atom. The molecule has 44 heavy (non-hydrogen) atoms. The van der Waals surface area contributed by atoms with Crippen LogP contribution in [0.2, 0.25) is 0 Å². The number of ether oxygens (including phenoxy) is 4. The van der Waals surface area contributed by atoms with Crippen molar-refractivity contribution in [2.75, 3.05) is 33.9 Å². The van der Waals surface area contributed by atoms with Gasteiger partial charge in [-0.2, -0.15) is 0 Å². The summed E-state index contributed by atoms with van der Waals surface area (Å²) in [6, 6.07) is 23.4. The molecule has 8 bridgehead atoms. The number of carbonyl (C=O) groups excluding carboxylic acids is 2. The molecule has 226 valence electrons. The summed E-state index contributed by atoms with van der Waals surface area (Å²) in [5.41, 5.74) is 3.88. The number of hydrogen-bond acceptors (Lipinski definition) is 7. The first-order valence-electron chi connectivity index (χ1n) is 14.6. The van der Waals surface area contributed by atoms with Gasteiger partial charge in [-0.15, -0.1) is 0 Å². The van der Waals surface area contributed by atoms with E-state index >= 15 is 0 Å². The summed E-state index contributed by atoms with van der Waals surface area (Å²) < 4.78 is 23.4. The molecule has 4 aromatic rings. The zero-order valence-corrected chi connectivity index (χ0v) is 24.7. The number of carbonyl (C=O) groups is 2. The first-order chi connectivity index (χ1) is 21.4. The molecule has 2 N–H and O–H groups in total. The molecular formula is C35H34N2O7. The molecule has 1 unspecified atom stereocenters. The third-order valence-electron chi connectivity index (χ3n) is 8.01. The first kappa shape index (κ1) is 28.9. The maximum Gasteiger partial charge on any atom is 0.255 e. The zero-order chi connectivity index (χ0) is 30.6. The molecule has 7 rings (SSSR count). The maximum atomic E-state index is 14.0. The van der Waals surface area contributed by atoms with Crippen molar-refractivity contribution in [3.63, 3.8) is 0 Å². The highest BCUT2D eigenvalue weighted by Gasteiger charge is 2.33. The van der Waals surface area contributed by atoms with Crippen LogP contribution in [0, 0.1) is 0 Å². The topological polar surface area (TPSA) is 107 Å². The first-order valence-corrected chi connectivity index (χ1v) is 14.6. The van der Waals surface area contributed by atoms with E-state index in [-0.39, 0.29) is 29.7 Å². The van der Waals surface area contributed by atoms with Gasteiger partial charge in [0.1, 0.15) is 23.0 Å². The lowest BCUT2D eigenvalue weighted by atomic mass is 9.87. The van der Waals surface area contributed by atoms with Crippen molar-refractivity contribution in [1.82, 2.24) is 10.2 Å². The second-order valence-electron chi connectivity index (χ2n) is 10.7. The Hall–Kier alpha value is -5.18. The summed E-state index contributed by atoms with van der Waals surface area (Å²) in [6.07, 6.45) is 1.35. The minimum atomic E-state index is -0.403. The summed E-state index contributed by atoms with van der Waals surface area (Å²) in [5.74, 6) is 2.27. The molecule has 0 aliphatic carbocycles. The summed E-state index contributed by atoms with van der Waals surface area (Å²) >= 11 is 0. The van der Waals surface area contributed by atoms with Crippen LogP contribution in [0.15, 0.2) is 78.9 Å². The molecule has 9 heteroatoms. The van der Waals surface area contributed by atoms with Gasteiger partial charge in [0.05, 0.1) is 38.9 Å². The minimum Gasteiger partial charge on any atom is -0.507 e. The number of benzene rings is 4. The maximum absolute atomic E-state index is 14.0. The Kier molecular flexibility index (Phi) is 8.27. The number of nitrogens with one attached hydrogen (secondary N) is 1. The Morgan fingerprint density at radius 3 is 2.61 bits per heavy atom. The molecule has 0 saturated carbocycles. The number of aromatic hydroxyl groups is 1. The van der Waals surface area contributed by atoms with E-state index in [1.165, 1.54) is 12.1 Å². The van der Waals surface area contributed by atoms with Crippen LogP contribution in [0.3, 0.4) is 0 Å². The van der Waals surface area contributed by atoms with Gasteiger partial charge in [0.15, 0.2) is 11.5 Å². The Balaban J connectivity index is 1.42. The van der Waals surface area contributed by atoms with Crippen LogP contribution >= 0.6 is 0 Å². The number of fused-ring (bicyclic) bond motifs is 6. The fourth-order valence-electron chi connectivity index (χ4n) is 5.83. The van der Waals surface area contributed by atoms with E-state index in [2.05, 4.69) is 5.32 Å². The summed E-state index contributed by atoms with van der Waals surface area (Å²) in [4.78, 5) is 28.7. The number of methoxy groups -OCH3 is 2. The summed E-state index contributed by atoms with van der Waals surface area (Å²) in [7, 11) is 3.19. The number of phenols is 1. The molecule has 1 atom stereocenters. The van der Waals surface area contributed by atoms with Crippen molar-refractivity contribution < 1.29 is 33.6 Å². The number of rotatable bonds is 4. The van der Waals surface area contributed by atoms with Crippen molar-refractivity contribution in [2.24, 2.45) is 0 Å². The second-order valence-corrected chi connectivity index (χ2v) is 10.7. The molecule has 0 radical (unpaired) electrons. The predicted molar refractivity (Wildman–Crippen MR) is 164 cm³/mol. The van der Waals surface area contributed by atoms with E-state index in [4.69, 9.17) is 18.9 Å². The smallest absolute Gasteiger partial charge is 0.255 e. The molecular weight excluding hydrogens is 560 g/mol.